The topological polar surface area (TPSA) is 92.3 Å². The highest BCUT2D eigenvalue weighted by Crippen LogP contribution is 2.18. The van der Waals surface area contributed by atoms with Gasteiger partial charge in [0.25, 0.3) is 0 Å². The SMILES string of the molecule is O=C(CCCl)NC(=O)NCC1CCCS1(=O)=O. The van der Waals surface area contributed by atoms with E-state index in [1.165, 1.54) is 0 Å². The molecule has 0 aromatic carbocycles. The third kappa shape index (κ3) is 4.51. The van der Waals surface area contributed by atoms with E-state index in [1.54, 1.807) is 0 Å². The van der Waals surface area contributed by atoms with Gasteiger partial charge in [-0.1, -0.05) is 0 Å². The Labute approximate surface area is 105 Å². The second-order valence-corrected chi connectivity index (χ2v) is 6.61. The quantitative estimate of drug-likeness (QED) is 0.711. The number of hydrogen-bond donors (Lipinski definition) is 2. The van der Waals surface area contributed by atoms with Crippen LogP contribution in [0.3, 0.4) is 0 Å². The number of rotatable bonds is 4. The van der Waals surface area contributed by atoms with Crippen molar-refractivity contribution in [1.29, 1.82) is 0 Å². The molecule has 0 aromatic rings. The molecule has 1 aliphatic rings. The monoisotopic (exact) mass is 282 g/mol. The lowest BCUT2D eigenvalue weighted by Gasteiger charge is -2.10. The summed E-state index contributed by atoms with van der Waals surface area (Å²) in [6.45, 7) is 0.0440. The van der Waals surface area contributed by atoms with Crippen molar-refractivity contribution < 1.29 is 18.0 Å². The summed E-state index contributed by atoms with van der Waals surface area (Å²) in [7, 11) is -3.07. The van der Waals surface area contributed by atoms with Crippen molar-refractivity contribution >= 4 is 33.4 Å². The predicted octanol–water partition coefficient (Wildman–Crippen LogP) is 0.0183. The summed E-state index contributed by atoms with van der Waals surface area (Å²) < 4.78 is 22.9. The van der Waals surface area contributed by atoms with Crippen LogP contribution in [0.25, 0.3) is 0 Å². The molecule has 1 heterocycles. The third-order valence-corrected chi connectivity index (χ3v) is 4.99. The number of carbonyl (C=O) groups is 2. The average molecular weight is 283 g/mol. The van der Waals surface area contributed by atoms with Crippen LogP contribution in [0.5, 0.6) is 0 Å². The molecule has 8 heteroatoms. The Balaban J connectivity index is 2.31. The van der Waals surface area contributed by atoms with E-state index in [4.69, 9.17) is 11.6 Å². The van der Waals surface area contributed by atoms with E-state index in [1.807, 2.05) is 0 Å². The lowest BCUT2D eigenvalue weighted by Crippen LogP contribution is -2.43. The molecule has 17 heavy (non-hydrogen) atoms. The van der Waals surface area contributed by atoms with Gasteiger partial charge in [-0.2, -0.15) is 0 Å². The molecule has 1 fully saturated rings. The smallest absolute Gasteiger partial charge is 0.321 e. The molecule has 0 spiro atoms. The maximum Gasteiger partial charge on any atom is 0.321 e. The van der Waals surface area contributed by atoms with Gasteiger partial charge in [-0.05, 0) is 12.8 Å². The van der Waals surface area contributed by atoms with Crippen LogP contribution >= 0.6 is 11.6 Å². The molecular formula is C9H15ClN2O4S. The van der Waals surface area contributed by atoms with Crippen LogP contribution in [0.2, 0.25) is 0 Å². The van der Waals surface area contributed by atoms with E-state index in [2.05, 4.69) is 10.6 Å². The summed E-state index contributed by atoms with van der Waals surface area (Å²) >= 11 is 5.33. The Kier molecular flexibility index (Phi) is 5.20. The second-order valence-electron chi connectivity index (χ2n) is 3.83. The van der Waals surface area contributed by atoms with Gasteiger partial charge < -0.3 is 5.32 Å². The minimum atomic E-state index is -3.07. The zero-order chi connectivity index (χ0) is 12.9. The lowest BCUT2D eigenvalue weighted by atomic mass is 10.2. The maximum absolute atomic E-state index is 11.4. The van der Waals surface area contributed by atoms with E-state index < -0.39 is 27.0 Å². The van der Waals surface area contributed by atoms with E-state index in [9.17, 15) is 18.0 Å². The number of sulfone groups is 1. The number of amides is 3. The second kappa shape index (κ2) is 6.20. The number of alkyl halides is 1. The highest BCUT2D eigenvalue weighted by atomic mass is 35.5. The van der Waals surface area contributed by atoms with Gasteiger partial charge in [-0.15, -0.1) is 11.6 Å². The molecule has 2 N–H and O–H groups in total. The summed E-state index contributed by atoms with van der Waals surface area (Å²) in [4.78, 5) is 22.2. The first-order chi connectivity index (χ1) is 7.95. The zero-order valence-corrected chi connectivity index (χ0v) is 10.8. The van der Waals surface area contributed by atoms with Crippen molar-refractivity contribution in [3.05, 3.63) is 0 Å². The van der Waals surface area contributed by atoms with Crippen LogP contribution in [0.15, 0.2) is 0 Å². The van der Waals surface area contributed by atoms with Crippen molar-refractivity contribution in [3.8, 4) is 0 Å². The minimum Gasteiger partial charge on any atom is -0.336 e. The first kappa shape index (κ1) is 14.2. The molecule has 1 rings (SSSR count). The molecule has 0 saturated carbocycles. The van der Waals surface area contributed by atoms with Gasteiger partial charge in [0.05, 0.1) is 11.0 Å². The molecule has 1 unspecified atom stereocenters. The first-order valence-electron chi connectivity index (χ1n) is 5.31. The molecule has 3 amide bonds. The predicted molar refractivity (Wildman–Crippen MR) is 63.7 cm³/mol. The number of urea groups is 1. The Morgan fingerprint density at radius 2 is 2.06 bits per heavy atom. The van der Waals surface area contributed by atoms with E-state index >= 15 is 0 Å². The van der Waals surface area contributed by atoms with E-state index in [0.717, 1.165) is 0 Å². The van der Waals surface area contributed by atoms with Crippen LogP contribution in [-0.2, 0) is 14.6 Å². The van der Waals surface area contributed by atoms with Gasteiger partial charge >= 0.3 is 6.03 Å². The Hall–Kier alpha value is -0.820. The molecule has 6 nitrogen and oxygen atoms in total. The molecule has 0 aromatic heterocycles. The van der Waals surface area contributed by atoms with E-state index in [0.29, 0.717) is 12.8 Å². The Morgan fingerprint density at radius 1 is 1.35 bits per heavy atom. The van der Waals surface area contributed by atoms with E-state index in [-0.39, 0.29) is 24.6 Å². The van der Waals surface area contributed by atoms with Gasteiger partial charge in [-0.3, -0.25) is 10.1 Å². The van der Waals surface area contributed by atoms with Crippen LogP contribution in [0, 0.1) is 0 Å². The maximum atomic E-state index is 11.4. The molecule has 1 saturated heterocycles. The fourth-order valence-corrected chi connectivity index (χ4v) is 3.55. The summed E-state index contributed by atoms with van der Waals surface area (Å²) in [6, 6.07) is -0.679. The molecular weight excluding hydrogens is 268 g/mol. The molecule has 0 aliphatic carbocycles. The largest absolute Gasteiger partial charge is 0.336 e. The molecule has 98 valence electrons. The van der Waals surface area contributed by atoms with Crippen molar-refractivity contribution in [3.63, 3.8) is 0 Å². The lowest BCUT2D eigenvalue weighted by molar-refractivity contribution is -0.119. The number of nitrogens with one attached hydrogen (secondary N) is 2. The van der Waals surface area contributed by atoms with Crippen LogP contribution in [0.1, 0.15) is 19.3 Å². The summed E-state index contributed by atoms with van der Waals surface area (Å²) in [5.74, 6) is -0.172. The molecule has 0 bridgehead atoms. The average Bonchev–Trinajstić information content (AvgIpc) is 2.55. The van der Waals surface area contributed by atoms with Gasteiger partial charge in [-0.25, -0.2) is 13.2 Å². The number of halogens is 1. The van der Waals surface area contributed by atoms with Crippen molar-refractivity contribution in [2.45, 2.75) is 24.5 Å². The van der Waals surface area contributed by atoms with Crippen LogP contribution < -0.4 is 10.6 Å². The summed E-state index contributed by atoms with van der Waals surface area (Å²) in [5, 5.41) is 3.91. The standard InChI is InChI=1S/C9H15ClN2O4S/c10-4-3-8(13)12-9(14)11-6-7-2-1-5-17(7,15)16/h7H,1-6H2,(H2,11,12,13,14). The third-order valence-electron chi connectivity index (χ3n) is 2.53. The summed E-state index contributed by atoms with van der Waals surface area (Å²) in [6.07, 6.45) is 1.23. The van der Waals surface area contributed by atoms with Crippen LogP contribution in [-0.4, -0.2) is 43.8 Å². The zero-order valence-electron chi connectivity index (χ0n) is 9.24. The first-order valence-corrected chi connectivity index (χ1v) is 7.56. The number of carbonyl (C=O) groups excluding carboxylic acids is 2. The van der Waals surface area contributed by atoms with Gasteiger partial charge in [0.1, 0.15) is 0 Å². The van der Waals surface area contributed by atoms with Gasteiger partial charge in [0.15, 0.2) is 9.84 Å². The van der Waals surface area contributed by atoms with Crippen LogP contribution in [0.4, 0.5) is 4.79 Å². The highest BCUT2D eigenvalue weighted by Gasteiger charge is 2.31. The Bertz CT molecular complexity index is 396. The van der Waals surface area contributed by atoms with Gasteiger partial charge in [0, 0.05) is 18.8 Å². The Morgan fingerprint density at radius 3 is 2.59 bits per heavy atom. The number of imide groups is 1. The van der Waals surface area contributed by atoms with Crippen molar-refractivity contribution in [2.24, 2.45) is 0 Å². The number of hydrogen-bond acceptors (Lipinski definition) is 4. The van der Waals surface area contributed by atoms with Crippen molar-refractivity contribution in [2.75, 3.05) is 18.2 Å². The molecule has 0 radical (unpaired) electrons. The van der Waals surface area contributed by atoms with Gasteiger partial charge in [0.2, 0.25) is 5.91 Å². The fraction of sp³-hybridized carbons (Fsp3) is 0.778. The minimum absolute atomic E-state index is 0.0440. The normalized spacial score (nSPS) is 22.1. The molecule has 1 atom stereocenters. The fourth-order valence-electron chi connectivity index (χ4n) is 1.61. The summed E-state index contributed by atoms with van der Waals surface area (Å²) in [5.41, 5.74) is 0. The van der Waals surface area contributed by atoms with Crippen molar-refractivity contribution in [1.82, 2.24) is 10.6 Å². The highest BCUT2D eigenvalue weighted by molar-refractivity contribution is 7.92. The molecule has 1 aliphatic heterocycles.